The van der Waals surface area contributed by atoms with Crippen LogP contribution in [0, 0.1) is 0 Å². The monoisotopic (exact) mass is 479 g/mol. The summed E-state index contributed by atoms with van der Waals surface area (Å²) in [6.07, 6.45) is -12.9. The lowest BCUT2D eigenvalue weighted by atomic mass is 9.88. The summed E-state index contributed by atoms with van der Waals surface area (Å²) in [4.78, 5) is 11.2. The quantitative estimate of drug-likeness (QED) is 0.478. The van der Waals surface area contributed by atoms with Gasteiger partial charge in [-0.3, -0.25) is 0 Å². The van der Waals surface area contributed by atoms with E-state index in [-0.39, 0.29) is 25.1 Å². The first-order valence-electron chi connectivity index (χ1n) is 9.65. The summed E-state index contributed by atoms with van der Waals surface area (Å²) in [6.45, 7) is 1.19. The first-order valence-corrected chi connectivity index (χ1v) is 9.65. The lowest BCUT2D eigenvalue weighted by Gasteiger charge is -2.25. The van der Waals surface area contributed by atoms with Crippen molar-refractivity contribution in [1.82, 2.24) is 0 Å². The highest BCUT2D eigenvalue weighted by atomic mass is 19.4. The SMILES string of the molecule is CC(OC(=O)C(F)(F)F)C(O)c1c(CN)cc(-c2ccc(OC(F)(F)F)cc2)c2c1CCO2. The van der Waals surface area contributed by atoms with Crippen molar-refractivity contribution in [2.75, 3.05) is 6.61 Å². The summed E-state index contributed by atoms with van der Waals surface area (Å²) in [6, 6.07) is 6.52. The molecule has 33 heavy (non-hydrogen) atoms. The Labute approximate surface area is 183 Å². The molecule has 6 nitrogen and oxygen atoms in total. The minimum Gasteiger partial charge on any atom is -0.492 e. The molecule has 0 saturated carbocycles. The van der Waals surface area contributed by atoms with Gasteiger partial charge in [-0.2, -0.15) is 13.2 Å². The number of ether oxygens (including phenoxy) is 3. The molecular formula is C21H19F6NO5. The van der Waals surface area contributed by atoms with E-state index in [4.69, 9.17) is 10.5 Å². The number of fused-ring (bicyclic) bond motifs is 1. The summed E-state index contributed by atoms with van der Waals surface area (Å²) in [7, 11) is 0. The second-order valence-electron chi connectivity index (χ2n) is 7.23. The fraction of sp³-hybridized carbons (Fsp3) is 0.381. The van der Waals surface area contributed by atoms with Gasteiger partial charge in [-0.1, -0.05) is 12.1 Å². The third-order valence-electron chi connectivity index (χ3n) is 4.99. The molecule has 12 heteroatoms. The predicted molar refractivity (Wildman–Crippen MR) is 102 cm³/mol. The van der Waals surface area contributed by atoms with E-state index in [1.807, 2.05) is 0 Å². The van der Waals surface area contributed by atoms with Crippen LogP contribution in [0.4, 0.5) is 26.3 Å². The van der Waals surface area contributed by atoms with Gasteiger partial charge in [-0.15, -0.1) is 13.2 Å². The largest absolute Gasteiger partial charge is 0.573 e. The van der Waals surface area contributed by atoms with Gasteiger partial charge >= 0.3 is 18.5 Å². The summed E-state index contributed by atoms with van der Waals surface area (Å²) in [5, 5.41) is 10.7. The Bertz CT molecular complexity index is 1020. The Hall–Kier alpha value is -2.99. The molecular weight excluding hydrogens is 460 g/mol. The number of carbonyl (C=O) groups excluding carboxylic acids is 1. The van der Waals surface area contributed by atoms with E-state index in [0.29, 0.717) is 28.0 Å². The Balaban J connectivity index is 1.98. The highest BCUT2D eigenvalue weighted by Crippen LogP contribution is 2.44. The number of aliphatic hydroxyl groups is 1. The molecule has 2 aromatic carbocycles. The maximum Gasteiger partial charge on any atom is 0.573 e. The lowest BCUT2D eigenvalue weighted by Crippen LogP contribution is -2.32. The van der Waals surface area contributed by atoms with Gasteiger partial charge in [0.1, 0.15) is 23.7 Å². The van der Waals surface area contributed by atoms with E-state index < -0.39 is 36.5 Å². The zero-order valence-corrected chi connectivity index (χ0v) is 17.1. The highest BCUT2D eigenvalue weighted by Gasteiger charge is 2.43. The van der Waals surface area contributed by atoms with Gasteiger partial charge in [0, 0.05) is 24.1 Å². The van der Waals surface area contributed by atoms with Crippen LogP contribution in [0.5, 0.6) is 11.5 Å². The maximum atomic E-state index is 12.5. The van der Waals surface area contributed by atoms with Crippen LogP contribution in [-0.2, 0) is 22.5 Å². The number of nitrogens with two attached hydrogens (primary N) is 1. The Morgan fingerprint density at radius 3 is 2.36 bits per heavy atom. The van der Waals surface area contributed by atoms with Gasteiger partial charge in [-0.05, 0) is 41.8 Å². The average Bonchev–Trinajstić information content (AvgIpc) is 3.20. The number of alkyl halides is 6. The van der Waals surface area contributed by atoms with Gasteiger partial charge in [0.15, 0.2) is 0 Å². The van der Waals surface area contributed by atoms with Crippen LogP contribution in [0.3, 0.4) is 0 Å². The van der Waals surface area contributed by atoms with E-state index in [9.17, 15) is 36.2 Å². The van der Waals surface area contributed by atoms with Gasteiger partial charge in [0.05, 0.1) is 6.61 Å². The minimum atomic E-state index is -5.22. The number of hydrogen-bond donors (Lipinski definition) is 2. The molecule has 0 aliphatic carbocycles. The second-order valence-corrected chi connectivity index (χ2v) is 7.23. The molecule has 1 aliphatic rings. The molecule has 1 aliphatic heterocycles. The molecule has 0 amide bonds. The van der Waals surface area contributed by atoms with Crippen molar-refractivity contribution in [1.29, 1.82) is 0 Å². The third-order valence-corrected chi connectivity index (χ3v) is 4.99. The van der Waals surface area contributed by atoms with Crippen LogP contribution < -0.4 is 15.2 Å². The van der Waals surface area contributed by atoms with Crippen molar-refractivity contribution in [3.8, 4) is 22.6 Å². The molecule has 0 fully saturated rings. The van der Waals surface area contributed by atoms with Gasteiger partial charge in [0.2, 0.25) is 0 Å². The van der Waals surface area contributed by atoms with Gasteiger partial charge in [0.25, 0.3) is 0 Å². The number of aliphatic hydroxyl groups excluding tert-OH is 1. The number of halogens is 6. The summed E-state index contributed by atoms with van der Waals surface area (Å²) >= 11 is 0. The molecule has 3 rings (SSSR count). The molecule has 0 radical (unpaired) electrons. The molecule has 1 heterocycles. The number of rotatable bonds is 6. The molecule has 2 unspecified atom stereocenters. The Morgan fingerprint density at radius 2 is 1.82 bits per heavy atom. The minimum absolute atomic E-state index is 0.123. The van der Waals surface area contributed by atoms with E-state index in [1.165, 1.54) is 18.2 Å². The zero-order valence-electron chi connectivity index (χ0n) is 17.1. The first kappa shape index (κ1) is 24.6. The summed E-state index contributed by atoms with van der Waals surface area (Å²) < 4.78 is 88.7. The zero-order chi connectivity index (χ0) is 24.6. The van der Waals surface area contributed by atoms with Crippen LogP contribution in [0.15, 0.2) is 30.3 Å². The van der Waals surface area contributed by atoms with Crippen LogP contribution in [0.25, 0.3) is 11.1 Å². The topological polar surface area (TPSA) is 91.0 Å². The highest BCUT2D eigenvalue weighted by molar-refractivity contribution is 5.77. The second kappa shape index (κ2) is 9.10. The standard InChI is InChI=1S/C21H19F6NO5/c1-10(32-19(30)20(22,23)24)17(29)16-12(9-28)8-15(18-14(16)6-7-31-18)11-2-4-13(5-3-11)33-21(25,26)27/h2-5,8,10,17,29H,6-7,9,28H2,1H3. The maximum absolute atomic E-state index is 12.5. The fourth-order valence-electron chi connectivity index (χ4n) is 3.59. The molecule has 0 saturated heterocycles. The molecule has 0 bridgehead atoms. The smallest absolute Gasteiger partial charge is 0.492 e. The van der Waals surface area contributed by atoms with Crippen molar-refractivity contribution in [2.45, 2.75) is 44.6 Å². The van der Waals surface area contributed by atoms with Crippen LogP contribution in [-0.4, -0.2) is 36.3 Å². The molecule has 0 aromatic heterocycles. The van der Waals surface area contributed by atoms with E-state index in [1.54, 1.807) is 0 Å². The van der Waals surface area contributed by atoms with E-state index in [2.05, 4.69) is 9.47 Å². The van der Waals surface area contributed by atoms with Crippen molar-refractivity contribution in [2.24, 2.45) is 5.73 Å². The molecule has 0 spiro atoms. The number of carbonyl (C=O) groups is 1. The summed E-state index contributed by atoms with van der Waals surface area (Å²) in [5.41, 5.74) is 7.75. The van der Waals surface area contributed by atoms with Gasteiger partial charge in [-0.25, -0.2) is 4.79 Å². The predicted octanol–water partition coefficient (Wildman–Crippen LogP) is 4.17. The number of benzene rings is 2. The number of hydrogen-bond acceptors (Lipinski definition) is 6. The molecule has 2 aromatic rings. The van der Waals surface area contributed by atoms with Gasteiger partial charge < -0.3 is 25.1 Å². The van der Waals surface area contributed by atoms with Crippen molar-refractivity contribution < 1.29 is 50.5 Å². The van der Waals surface area contributed by atoms with Crippen LogP contribution in [0.2, 0.25) is 0 Å². The van der Waals surface area contributed by atoms with Crippen LogP contribution in [0.1, 0.15) is 29.7 Å². The van der Waals surface area contributed by atoms with Crippen molar-refractivity contribution in [3.63, 3.8) is 0 Å². The Kier molecular flexibility index (Phi) is 6.80. The average molecular weight is 479 g/mol. The fourth-order valence-corrected chi connectivity index (χ4v) is 3.59. The molecule has 3 N–H and O–H groups in total. The normalized spacial score (nSPS) is 15.4. The van der Waals surface area contributed by atoms with E-state index >= 15 is 0 Å². The van der Waals surface area contributed by atoms with E-state index in [0.717, 1.165) is 19.1 Å². The Morgan fingerprint density at radius 1 is 1.18 bits per heavy atom. The summed E-state index contributed by atoms with van der Waals surface area (Å²) in [5.74, 6) is -2.55. The molecule has 2 atom stereocenters. The van der Waals surface area contributed by atoms with Crippen molar-refractivity contribution in [3.05, 3.63) is 47.0 Å². The third kappa shape index (κ3) is 5.50. The lowest BCUT2D eigenvalue weighted by molar-refractivity contribution is -0.274. The van der Waals surface area contributed by atoms with Crippen molar-refractivity contribution >= 4 is 5.97 Å². The number of esters is 1. The first-order chi connectivity index (χ1) is 15.3. The molecule has 180 valence electrons. The van der Waals surface area contributed by atoms with Crippen LogP contribution >= 0.6 is 0 Å².